The lowest BCUT2D eigenvalue weighted by molar-refractivity contribution is 0.174. The van der Waals surface area contributed by atoms with Gasteiger partial charge in [0.1, 0.15) is 0 Å². The molecule has 0 spiro atoms. The fraction of sp³-hybridized carbons (Fsp3) is 0.600. The van der Waals surface area contributed by atoms with E-state index in [-0.39, 0.29) is 6.10 Å². The summed E-state index contributed by atoms with van der Waals surface area (Å²) >= 11 is 0. The highest BCUT2D eigenvalue weighted by atomic mass is 16.3. The number of aliphatic hydroxyl groups is 1. The molecule has 0 amide bonds. The van der Waals surface area contributed by atoms with Crippen LogP contribution in [0.2, 0.25) is 0 Å². The van der Waals surface area contributed by atoms with E-state index in [4.69, 9.17) is 0 Å². The first kappa shape index (κ1) is 13.2. The van der Waals surface area contributed by atoms with Gasteiger partial charge in [-0.3, -0.25) is 0 Å². The Labute approximate surface area is 99.6 Å². The maximum atomic E-state index is 9.79. The summed E-state index contributed by atoms with van der Waals surface area (Å²) in [5.41, 5.74) is 3.78. The summed E-state index contributed by atoms with van der Waals surface area (Å²) in [6, 6.07) is 0. The van der Waals surface area contributed by atoms with E-state index < -0.39 is 0 Å². The van der Waals surface area contributed by atoms with Crippen molar-refractivity contribution < 1.29 is 5.11 Å². The van der Waals surface area contributed by atoms with E-state index in [9.17, 15) is 5.11 Å². The van der Waals surface area contributed by atoms with Crippen molar-refractivity contribution in [1.82, 2.24) is 0 Å². The zero-order valence-electron chi connectivity index (χ0n) is 10.8. The molecule has 1 aliphatic carbocycles. The molecular weight excluding hydrogens is 196 g/mol. The molecule has 0 aliphatic heterocycles. The van der Waals surface area contributed by atoms with Crippen LogP contribution in [0.3, 0.4) is 0 Å². The highest BCUT2D eigenvalue weighted by Crippen LogP contribution is 2.30. The molecule has 0 saturated carbocycles. The zero-order chi connectivity index (χ0) is 12.1. The van der Waals surface area contributed by atoms with Crippen LogP contribution in [0, 0.1) is 5.92 Å². The van der Waals surface area contributed by atoms with Gasteiger partial charge >= 0.3 is 0 Å². The lowest BCUT2D eigenvalue weighted by Gasteiger charge is -2.26. The standard InChI is InChI=1S/C15H24O/c1-11(2)6-5-7-12(3)14-9-8-13(4)15(16)10-14/h6,8,14-16H,3,5,7,9-10H2,1-2,4H3/t14-,15-/m0/s1. The van der Waals surface area contributed by atoms with Gasteiger partial charge in [-0.1, -0.05) is 29.9 Å². The fourth-order valence-corrected chi connectivity index (χ4v) is 2.10. The van der Waals surface area contributed by atoms with Crippen molar-refractivity contribution in [3.63, 3.8) is 0 Å². The number of hydrogen-bond donors (Lipinski definition) is 1. The summed E-state index contributed by atoms with van der Waals surface area (Å²) in [5.74, 6) is 0.476. The van der Waals surface area contributed by atoms with Gasteiger partial charge in [0.2, 0.25) is 0 Å². The van der Waals surface area contributed by atoms with Gasteiger partial charge < -0.3 is 5.11 Å². The van der Waals surface area contributed by atoms with Gasteiger partial charge in [-0.05, 0) is 57.9 Å². The molecule has 0 aromatic carbocycles. The SMILES string of the molecule is C=C(CCC=C(C)C)[C@H]1CC=C(C)[C@@H](O)C1. The molecular formula is C15H24O. The second-order valence-electron chi connectivity index (χ2n) is 5.11. The van der Waals surface area contributed by atoms with Crippen molar-refractivity contribution in [2.75, 3.05) is 0 Å². The Morgan fingerprint density at radius 1 is 1.56 bits per heavy atom. The maximum absolute atomic E-state index is 9.79. The fourth-order valence-electron chi connectivity index (χ4n) is 2.10. The third kappa shape index (κ3) is 3.97. The second kappa shape index (κ2) is 6.05. The van der Waals surface area contributed by atoms with Crippen LogP contribution in [0.5, 0.6) is 0 Å². The maximum Gasteiger partial charge on any atom is 0.0753 e. The smallest absolute Gasteiger partial charge is 0.0753 e. The Hall–Kier alpha value is -0.820. The molecule has 0 aromatic heterocycles. The van der Waals surface area contributed by atoms with Crippen molar-refractivity contribution in [2.24, 2.45) is 5.92 Å². The van der Waals surface area contributed by atoms with Gasteiger partial charge in [0.15, 0.2) is 0 Å². The van der Waals surface area contributed by atoms with Crippen LogP contribution in [0.25, 0.3) is 0 Å². The minimum Gasteiger partial charge on any atom is -0.389 e. The average Bonchev–Trinajstić information content (AvgIpc) is 2.21. The third-order valence-electron chi connectivity index (χ3n) is 3.35. The van der Waals surface area contributed by atoms with E-state index in [2.05, 4.69) is 32.6 Å². The summed E-state index contributed by atoms with van der Waals surface area (Å²) in [5, 5.41) is 9.79. The van der Waals surface area contributed by atoms with Crippen LogP contribution >= 0.6 is 0 Å². The predicted octanol–water partition coefficient (Wildman–Crippen LogP) is 4.01. The normalized spacial score (nSPS) is 24.9. The van der Waals surface area contributed by atoms with Crippen LogP contribution in [0.15, 0.2) is 35.5 Å². The van der Waals surface area contributed by atoms with Gasteiger partial charge in [0.25, 0.3) is 0 Å². The zero-order valence-corrected chi connectivity index (χ0v) is 10.8. The quantitative estimate of drug-likeness (QED) is 0.710. The first-order chi connectivity index (χ1) is 7.50. The molecule has 1 aliphatic rings. The van der Waals surface area contributed by atoms with E-state index in [1.54, 1.807) is 0 Å². The van der Waals surface area contributed by atoms with E-state index >= 15 is 0 Å². The van der Waals surface area contributed by atoms with Gasteiger partial charge in [-0.25, -0.2) is 0 Å². The van der Waals surface area contributed by atoms with E-state index in [1.165, 1.54) is 11.1 Å². The number of rotatable bonds is 4. The van der Waals surface area contributed by atoms with Crippen LogP contribution in [-0.2, 0) is 0 Å². The Morgan fingerprint density at radius 2 is 2.25 bits per heavy atom. The van der Waals surface area contributed by atoms with Crippen molar-refractivity contribution in [3.05, 3.63) is 35.5 Å². The lowest BCUT2D eigenvalue weighted by Crippen LogP contribution is -2.20. The molecule has 0 saturated heterocycles. The number of allylic oxidation sites excluding steroid dienone is 4. The van der Waals surface area contributed by atoms with Crippen molar-refractivity contribution in [3.8, 4) is 0 Å². The Bertz CT molecular complexity index is 305. The first-order valence-electron chi connectivity index (χ1n) is 6.16. The highest BCUT2D eigenvalue weighted by molar-refractivity contribution is 5.16. The van der Waals surface area contributed by atoms with Crippen molar-refractivity contribution in [1.29, 1.82) is 0 Å². The van der Waals surface area contributed by atoms with Crippen molar-refractivity contribution in [2.45, 2.75) is 52.6 Å². The van der Waals surface area contributed by atoms with Crippen LogP contribution in [0.1, 0.15) is 46.5 Å². The molecule has 90 valence electrons. The molecule has 1 nitrogen and oxygen atoms in total. The van der Waals surface area contributed by atoms with E-state index in [1.807, 2.05) is 6.92 Å². The molecule has 0 bridgehead atoms. The van der Waals surface area contributed by atoms with Crippen LogP contribution < -0.4 is 0 Å². The summed E-state index contributed by atoms with van der Waals surface area (Å²) < 4.78 is 0. The Balaban J connectivity index is 2.42. The molecule has 0 heterocycles. The summed E-state index contributed by atoms with van der Waals surface area (Å²) in [4.78, 5) is 0. The van der Waals surface area contributed by atoms with Gasteiger partial charge in [0.05, 0.1) is 6.10 Å². The molecule has 1 heteroatoms. The topological polar surface area (TPSA) is 20.2 Å². The van der Waals surface area contributed by atoms with Gasteiger partial charge in [-0.15, -0.1) is 0 Å². The molecule has 0 radical (unpaired) electrons. The molecule has 1 N–H and O–H groups in total. The first-order valence-corrected chi connectivity index (χ1v) is 6.16. The molecule has 0 aromatic rings. The predicted molar refractivity (Wildman–Crippen MR) is 70.3 cm³/mol. The second-order valence-corrected chi connectivity index (χ2v) is 5.11. The van der Waals surface area contributed by atoms with E-state index in [0.29, 0.717) is 5.92 Å². The monoisotopic (exact) mass is 220 g/mol. The van der Waals surface area contributed by atoms with Gasteiger partial charge in [-0.2, -0.15) is 0 Å². The number of hydrogen-bond acceptors (Lipinski definition) is 1. The lowest BCUT2D eigenvalue weighted by atomic mass is 9.82. The summed E-state index contributed by atoms with van der Waals surface area (Å²) in [6.45, 7) is 10.4. The van der Waals surface area contributed by atoms with Gasteiger partial charge in [0, 0.05) is 0 Å². The largest absolute Gasteiger partial charge is 0.389 e. The average molecular weight is 220 g/mol. The summed E-state index contributed by atoms with van der Waals surface area (Å²) in [6.07, 6.45) is 8.20. The molecule has 1 rings (SSSR count). The van der Waals surface area contributed by atoms with E-state index in [0.717, 1.165) is 31.3 Å². The number of aliphatic hydroxyl groups excluding tert-OH is 1. The molecule has 16 heavy (non-hydrogen) atoms. The minimum atomic E-state index is -0.251. The molecule has 2 atom stereocenters. The third-order valence-corrected chi connectivity index (χ3v) is 3.35. The highest BCUT2D eigenvalue weighted by Gasteiger charge is 2.21. The Morgan fingerprint density at radius 3 is 2.81 bits per heavy atom. The van der Waals surface area contributed by atoms with Crippen LogP contribution in [0.4, 0.5) is 0 Å². The molecule has 0 fully saturated rings. The Kier molecular flexibility index (Phi) is 5.01. The molecule has 0 unspecified atom stereocenters. The summed E-state index contributed by atoms with van der Waals surface area (Å²) in [7, 11) is 0. The minimum absolute atomic E-state index is 0.251. The van der Waals surface area contributed by atoms with Crippen molar-refractivity contribution >= 4 is 0 Å². The van der Waals surface area contributed by atoms with Crippen LogP contribution in [-0.4, -0.2) is 11.2 Å².